The van der Waals surface area contributed by atoms with Gasteiger partial charge in [-0.25, -0.2) is 28.7 Å². The molecule has 3 aromatic rings. The van der Waals surface area contributed by atoms with E-state index in [9.17, 15) is 23.9 Å². The molecule has 234 valence electrons. The van der Waals surface area contributed by atoms with Crippen LogP contribution < -0.4 is 20.3 Å². The third-order valence-corrected chi connectivity index (χ3v) is 7.00. The maximum atomic E-state index is 16.3. The number of fused-ring (bicyclic) bond motifs is 2. The van der Waals surface area contributed by atoms with Crippen LogP contribution in [0, 0.1) is 18.7 Å². The molecule has 44 heavy (non-hydrogen) atoms. The van der Waals surface area contributed by atoms with Crippen LogP contribution in [0.15, 0.2) is 24.5 Å². The van der Waals surface area contributed by atoms with Crippen molar-refractivity contribution in [3.05, 3.63) is 35.9 Å². The molecule has 1 saturated heterocycles. The van der Waals surface area contributed by atoms with Crippen molar-refractivity contribution >= 4 is 46.2 Å². The van der Waals surface area contributed by atoms with Gasteiger partial charge in [0.05, 0.1) is 25.4 Å². The van der Waals surface area contributed by atoms with Crippen LogP contribution in [0.4, 0.5) is 40.4 Å². The summed E-state index contributed by atoms with van der Waals surface area (Å²) < 4.78 is 51.6. The zero-order valence-electron chi connectivity index (χ0n) is 24.6. The number of hydrogen-bond donors (Lipinski definition) is 3. The molecule has 2 aliphatic heterocycles. The quantitative estimate of drug-likeness (QED) is 0.325. The van der Waals surface area contributed by atoms with E-state index in [2.05, 4.69) is 20.6 Å². The number of amides is 3. The van der Waals surface area contributed by atoms with Gasteiger partial charge in [-0.2, -0.15) is 4.39 Å². The Hall–Kier alpha value is -4.79. The summed E-state index contributed by atoms with van der Waals surface area (Å²) in [5.74, 6) is -1.07. The zero-order valence-corrected chi connectivity index (χ0v) is 24.6. The highest BCUT2D eigenvalue weighted by atomic mass is 19.1. The molecule has 15 heteroatoms. The normalized spacial score (nSPS) is 19.6. The molecule has 2 aliphatic rings. The maximum absolute atomic E-state index is 16.3. The van der Waals surface area contributed by atoms with Crippen LogP contribution in [0.2, 0.25) is 0 Å². The van der Waals surface area contributed by atoms with Crippen LogP contribution in [0.5, 0.6) is 5.88 Å². The second-order valence-electron chi connectivity index (χ2n) is 11.5. The summed E-state index contributed by atoms with van der Waals surface area (Å²) in [5, 5.41) is 15.2. The topological polar surface area (TPSA) is 161 Å². The number of anilines is 3. The van der Waals surface area contributed by atoms with Gasteiger partial charge in [-0.1, -0.05) is 6.92 Å². The van der Waals surface area contributed by atoms with Gasteiger partial charge >= 0.3 is 18.3 Å². The Morgan fingerprint density at radius 3 is 2.50 bits per heavy atom. The molecule has 2 aromatic heterocycles. The Bertz CT molecular complexity index is 1650. The van der Waals surface area contributed by atoms with Crippen LogP contribution in [0.3, 0.4) is 0 Å². The second-order valence-corrected chi connectivity index (χ2v) is 11.5. The number of carbonyl (C=O) groups is 3. The number of ether oxygens (including phenoxy) is 4. The molecular formula is C29H31F2N5O8. The van der Waals surface area contributed by atoms with E-state index in [1.807, 2.05) is 6.92 Å². The lowest BCUT2D eigenvalue weighted by molar-refractivity contribution is 0.0594. The standard InChI is InChI=1S/C29H31F2N5O8/c1-13-11-41-12-19(13)42-26(37)34-21-7-15-6-16(22(31)23(18(15)9-32-21)35-27(38)44-29(3,4)5)17-8-33-25-24(14(17)2)36(28(39)40)10-20(30)43-25/h6-9,13,19-20H,10-12H2,1-5H3,(H,35,38)(H,39,40)(H,32,34,37)/t13-,19-,20?/m0/s1. The lowest BCUT2D eigenvalue weighted by Crippen LogP contribution is -2.41. The van der Waals surface area contributed by atoms with Crippen molar-refractivity contribution in [3.8, 4) is 17.0 Å². The van der Waals surface area contributed by atoms with E-state index in [-0.39, 0.29) is 57.7 Å². The average molecular weight is 616 g/mol. The second kappa shape index (κ2) is 11.7. The summed E-state index contributed by atoms with van der Waals surface area (Å²) in [6.07, 6.45) is -3.02. The zero-order chi connectivity index (χ0) is 31.9. The highest BCUT2D eigenvalue weighted by molar-refractivity contribution is 6.04. The highest BCUT2D eigenvalue weighted by Crippen LogP contribution is 2.43. The number of nitrogens with zero attached hydrogens (tertiary/aromatic N) is 3. The summed E-state index contributed by atoms with van der Waals surface area (Å²) in [5.41, 5.74) is -0.925. The van der Waals surface area contributed by atoms with Crippen molar-refractivity contribution in [2.24, 2.45) is 5.92 Å². The van der Waals surface area contributed by atoms with Crippen LogP contribution in [-0.4, -0.2) is 71.2 Å². The van der Waals surface area contributed by atoms with E-state index in [1.54, 1.807) is 20.8 Å². The molecule has 3 N–H and O–H groups in total. The number of pyridine rings is 2. The van der Waals surface area contributed by atoms with Crippen LogP contribution in [0.25, 0.3) is 21.9 Å². The average Bonchev–Trinajstić information content (AvgIpc) is 3.32. The number of carboxylic acid groups (broad SMARTS) is 1. The molecular weight excluding hydrogens is 584 g/mol. The van der Waals surface area contributed by atoms with Gasteiger partial charge in [0.1, 0.15) is 23.2 Å². The molecule has 13 nitrogen and oxygen atoms in total. The first-order valence-electron chi connectivity index (χ1n) is 13.7. The lowest BCUT2D eigenvalue weighted by atomic mass is 9.96. The Kier molecular flexibility index (Phi) is 8.16. The van der Waals surface area contributed by atoms with Gasteiger partial charge in [0, 0.05) is 34.8 Å². The number of halogens is 2. The van der Waals surface area contributed by atoms with Gasteiger partial charge in [-0.15, -0.1) is 0 Å². The first-order chi connectivity index (χ1) is 20.7. The Morgan fingerprint density at radius 2 is 1.84 bits per heavy atom. The van der Waals surface area contributed by atoms with Crippen LogP contribution >= 0.6 is 0 Å². The molecule has 5 rings (SSSR count). The third kappa shape index (κ3) is 6.27. The number of rotatable bonds is 4. The number of hydrogen-bond acceptors (Lipinski definition) is 9. The van der Waals surface area contributed by atoms with Crippen molar-refractivity contribution in [2.75, 3.05) is 35.3 Å². The van der Waals surface area contributed by atoms with Crippen molar-refractivity contribution < 1.29 is 47.2 Å². The van der Waals surface area contributed by atoms with Crippen molar-refractivity contribution in [1.29, 1.82) is 0 Å². The molecule has 0 bridgehead atoms. The highest BCUT2D eigenvalue weighted by Gasteiger charge is 2.34. The first-order valence-corrected chi connectivity index (χ1v) is 13.7. The lowest BCUT2D eigenvalue weighted by Gasteiger charge is -2.30. The Labute approximate surface area is 250 Å². The van der Waals surface area contributed by atoms with Gasteiger partial charge in [-0.05, 0) is 50.8 Å². The molecule has 3 amide bonds. The summed E-state index contributed by atoms with van der Waals surface area (Å²) in [6, 6.07) is 2.88. The minimum Gasteiger partial charge on any atom is -0.465 e. The molecule has 0 radical (unpaired) electrons. The fourth-order valence-electron chi connectivity index (χ4n) is 4.94. The molecule has 4 heterocycles. The molecule has 0 saturated carbocycles. The fraction of sp³-hybridized carbons (Fsp3) is 0.414. The van der Waals surface area contributed by atoms with E-state index in [0.29, 0.717) is 12.0 Å². The van der Waals surface area contributed by atoms with E-state index in [4.69, 9.17) is 18.9 Å². The first kappa shape index (κ1) is 30.7. The van der Waals surface area contributed by atoms with Crippen LogP contribution in [0.1, 0.15) is 33.3 Å². The van der Waals surface area contributed by atoms with Gasteiger partial charge in [0.25, 0.3) is 6.36 Å². The monoisotopic (exact) mass is 615 g/mol. The number of aromatic nitrogens is 2. The van der Waals surface area contributed by atoms with Crippen molar-refractivity contribution in [1.82, 2.24) is 9.97 Å². The van der Waals surface area contributed by atoms with Gasteiger partial charge < -0.3 is 24.1 Å². The predicted octanol–water partition coefficient (Wildman–Crippen LogP) is 5.85. The van der Waals surface area contributed by atoms with Crippen molar-refractivity contribution in [3.63, 3.8) is 0 Å². The van der Waals surface area contributed by atoms with E-state index in [0.717, 1.165) is 4.90 Å². The van der Waals surface area contributed by atoms with E-state index in [1.165, 1.54) is 31.5 Å². The van der Waals surface area contributed by atoms with E-state index >= 15 is 4.39 Å². The van der Waals surface area contributed by atoms with Crippen molar-refractivity contribution in [2.45, 2.75) is 52.7 Å². The van der Waals surface area contributed by atoms with Crippen LogP contribution in [-0.2, 0) is 14.2 Å². The minimum atomic E-state index is -1.94. The molecule has 3 atom stereocenters. The minimum absolute atomic E-state index is 0.0176. The number of benzene rings is 1. The Balaban J connectivity index is 1.60. The summed E-state index contributed by atoms with van der Waals surface area (Å²) in [7, 11) is 0. The number of nitrogens with one attached hydrogen (secondary N) is 2. The molecule has 0 aliphatic carbocycles. The SMILES string of the molecule is Cc1c(-c2cc3cc(NC(=O)O[C@H]4COC[C@@H]4C)ncc3c(NC(=O)OC(C)(C)C)c2F)cnc2c1N(C(=O)O)CC(F)O2. The smallest absolute Gasteiger partial charge is 0.413 e. The van der Waals surface area contributed by atoms with Gasteiger partial charge in [0.2, 0.25) is 5.88 Å². The van der Waals surface area contributed by atoms with E-state index < -0.39 is 48.7 Å². The molecule has 1 unspecified atom stereocenters. The molecule has 1 fully saturated rings. The fourth-order valence-corrected chi connectivity index (χ4v) is 4.94. The summed E-state index contributed by atoms with van der Waals surface area (Å²) >= 11 is 0. The number of carbonyl (C=O) groups excluding carboxylic acids is 2. The molecule has 1 aromatic carbocycles. The predicted molar refractivity (Wildman–Crippen MR) is 154 cm³/mol. The number of alkyl halides is 1. The largest absolute Gasteiger partial charge is 0.465 e. The summed E-state index contributed by atoms with van der Waals surface area (Å²) in [4.78, 5) is 46.2. The summed E-state index contributed by atoms with van der Waals surface area (Å²) in [6.45, 7) is 8.48. The van der Waals surface area contributed by atoms with Gasteiger partial charge in [0.15, 0.2) is 5.82 Å². The maximum Gasteiger partial charge on any atom is 0.413 e. The molecule has 0 spiro atoms. The van der Waals surface area contributed by atoms with Gasteiger partial charge in [-0.3, -0.25) is 15.5 Å². The third-order valence-electron chi connectivity index (χ3n) is 7.00. The Morgan fingerprint density at radius 1 is 1.09 bits per heavy atom.